The third kappa shape index (κ3) is 3.81. The minimum absolute atomic E-state index is 0.0193. The summed E-state index contributed by atoms with van der Waals surface area (Å²) in [6.07, 6.45) is 0. The number of carbonyl (C=O) groups excluding carboxylic acids is 1. The monoisotopic (exact) mass is 303 g/mol. The highest BCUT2D eigenvalue weighted by atomic mass is 32.2. The number of carbonyl (C=O) groups is 1. The molecule has 0 aromatic carbocycles. The van der Waals surface area contributed by atoms with E-state index in [0.29, 0.717) is 13.1 Å². The topological polar surface area (TPSA) is 106 Å². The van der Waals surface area contributed by atoms with Gasteiger partial charge in [-0.2, -0.15) is 0 Å². The van der Waals surface area contributed by atoms with E-state index < -0.39 is 10.0 Å². The zero-order chi connectivity index (χ0) is 15.6. The Morgan fingerprint density at radius 3 is 2.55 bits per heavy atom. The summed E-state index contributed by atoms with van der Waals surface area (Å²) in [5, 5.41) is -0.283. The lowest BCUT2D eigenvalue weighted by molar-refractivity contribution is 0.0703. The van der Waals surface area contributed by atoms with Crippen LogP contribution in [-0.4, -0.2) is 46.4 Å². The van der Waals surface area contributed by atoms with Crippen molar-refractivity contribution in [2.75, 3.05) is 27.2 Å². The van der Waals surface area contributed by atoms with Crippen LogP contribution < -0.4 is 10.5 Å². The van der Waals surface area contributed by atoms with E-state index in [9.17, 15) is 13.2 Å². The first-order chi connectivity index (χ1) is 9.13. The van der Waals surface area contributed by atoms with Gasteiger partial charge in [0, 0.05) is 13.6 Å². The molecule has 1 aromatic heterocycles. The van der Waals surface area contributed by atoms with Crippen molar-refractivity contribution in [2.45, 2.75) is 18.9 Å². The van der Waals surface area contributed by atoms with Crippen molar-refractivity contribution in [1.82, 2.24) is 9.62 Å². The summed E-state index contributed by atoms with van der Waals surface area (Å²) in [4.78, 5) is 13.6. The third-order valence-electron chi connectivity index (χ3n) is 2.89. The first kappa shape index (κ1) is 16.7. The van der Waals surface area contributed by atoms with Crippen molar-refractivity contribution in [3.8, 4) is 0 Å². The summed E-state index contributed by atoms with van der Waals surface area (Å²) in [6, 6.07) is 2.60. The quantitative estimate of drug-likeness (QED) is 0.783. The lowest BCUT2D eigenvalue weighted by Gasteiger charge is -2.28. The molecule has 1 rings (SSSR count). The second kappa shape index (κ2) is 5.94. The van der Waals surface area contributed by atoms with E-state index in [1.807, 2.05) is 13.8 Å². The molecular weight excluding hydrogens is 282 g/mol. The number of furan rings is 1. The predicted molar refractivity (Wildman–Crippen MR) is 74.7 cm³/mol. The summed E-state index contributed by atoms with van der Waals surface area (Å²) < 4.78 is 30.3. The summed E-state index contributed by atoms with van der Waals surface area (Å²) in [5.74, 6) is -0.404. The van der Waals surface area contributed by atoms with Crippen LogP contribution in [0.15, 0.2) is 21.6 Å². The fourth-order valence-corrected chi connectivity index (χ4v) is 2.29. The Hall–Kier alpha value is -1.38. The van der Waals surface area contributed by atoms with Gasteiger partial charge in [0.05, 0.1) is 0 Å². The van der Waals surface area contributed by atoms with Gasteiger partial charge in [-0.25, -0.2) is 13.1 Å². The minimum atomic E-state index is -3.68. The molecule has 7 nitrogen and oxygen atoms in total. The second-order valence-corrected chi connectivity index (χ2v) is 7.17. The largest absolute Gasteiger partial charge is 0.438 e. The van der Waals surface area contributed by atoms with Crippen LogP contribution in [-0.2, 0) is 10.0 Å². The predicted octanol–water partition coefficient (Wildman–Crippen LogP) is 0.245. The fraction of sp³-hybridized carbons (Fsp3) is 0.583. The van der Waals surface area contributed by atoms with Crippen molar-refractivity contribution in [3.63, 3.8) is 0 Å². The SMILES string of the molecule is CNS(=O)(=O)c1ccc(C(=O)N(C)CC(C)(C)CN)o1. The van der Waals surface area contributed by atoms with Gasteiger partial charge in [0.25, 0.3) is 15.9 Å². The lowest BCUT2D eigenvalue weighted by atomic mass is 9.93. The van der Waals surface area contributed by atoms with E-state index >= 15 is 0 Å². The summed E-state index contributed by atoms with van der Waals surface area (Å²) in [5.41, 5.74) is 5.40. The zero-order valence-corrected chi connectivity index (χ0v) is 13.0. The van der Waals surface area contributed by atoms with E-state index in [1.54, 1.807) is 7.05 Å². The molecule has 0 bridgehead atoms. The van der Waals surface area contributed by atoms with E-state index in [1.165, 1.54) is 24.1 Å². The smallest absolute Gasteiger partial charge is 0.289 e. The highest BCUT2D eigenvalue weighted by Crippen LogP contribution is 2.18. The van der Waals surface area contributed by atoms with Crippen LogP contribution >= 0.6 is 0 Å². The number of rotatable bonds is 6. The first-order valence-electron chi connectivity index (χ1n) is 6.12. The van der Waals surface area contributed by atoms with Crippen molar-refractivity contribution >= 4 is 15.9 Å². The summed E-state index contributed by atoms with van der Waals surface area (Å²) in [7, 11) is -0.791. The van der Waals surface area contributed by atoms with Gasteiger partial charge in [-0.3, -0.25) is 4.79 Å². The lowest BCUT2D eigenvalue weighted by Crippen LogP contribution is -2.39. The third-order valence-corrected chi connectivity index (χ3v) is 4.18. The molecule has 3 N–H and O–H groups in total. The van der Waals surface area contributed by atoms with E-state index in [4.69, 9.17) is 10.2 Å². The number of nitrogens with one attached hydrogen (secondary N) is 1. The molecule has 0 radical (unpaired) electrons. The van der Waals surface area contributed by atoms with E-state index in [0.717, 1.165) is 0 Å². The molecule has 0 aliphatic carbocycles. The molecule has 114 valence electrons. The molecule has 0 spiro atoms. The molecule has 0 fully saturated rings. The number of hydrogen-bond acceptors (Lipinski definition) is 5. The maximum absolute atomic E-state index is 12.1. The summed E-state index contributed by atoms with van der Waals surface area (Å²) in [6.45, 7) is 4.75. The molecule has 20 heavy (non-hydrogen) atoms. The molecule has 1 aromatic rings. The molecule has 0 saturated heterocycles. The molecular formula is C12H21N3O4S. The Labute approximate surface area is 119 Å². The van der Waals surface area contributed by atoms with Crippen molar-refractivity contribution in [2.24, 2.45) is 11.1 Å². The maximum Gasteiger partial charge on any atom is 0.289 e. The van der Waals surface area contributed by atoms with Gasteiger partial charge in [0.1, 0.15) is 0 Å². The van der Waals surface area contributed by atoms with E-state index in [2.05, 4.69) is 4.72 Å². The van der Waals surface area contributed by atoms with E-state index in [-0.39, 0.29) is 22.2 Å². The Balaban J connectivity index is 2.89. The molecule has 8 heteroatoms. The second-order valence-electron chi connectivity index (χ2n) is 5.36. The zero-order valence-electron chi connectivity index (χ0n) is 12.1. The normalized spacial score (nSPS) is 12.4. The Bertz CT molecular complexity index is 577. The van der Waals surface area contributed by atoms with Gasteiger partial charge in [0.15, 0.2) is 5.76 Å². The van der Waals surface area contributed by atoms with Gasteiger partial charge in [-0.15, -0.1) is 0 Å². The standard InChI is InChI=1S/C12H21N3O4S/c1-12(2,7-13)8-15(4)11(16)9-5-6-10(19-9)20(17,18)14-3/h5-6,14H,7-8,13H2,1-4H3. The van der Waals surface area contributed by atoms with Gasteiger partial charge < -0.3 is 15.1 Å². The first-order valence-corrected chi connectivity index (χ1v) is 7.60. The molecule has 0 atom stereocenters. The Morgan fingerprint density at radius 2 is 2.05 bits per heavy atom. The van der Waals surface area contributed by atoms with Crippen LogP contribution in [0, 0.1) is 5.41 Å². The molecule has 1 amide bonds. The van der Waals surface area contributed by atoms with Crippen LogP contribution in [0.3, 0.4) is 0 Å². The highest BCUT2D eigenvalue weighted by molar-refractivity contribution is 7.89. The Kier molecular flexibility index (Phi) is 4.95. The summed E-state index contributed by atoms with van der Waals surface area (Å²) >= 11 is 0. The van der Waals surface area contributed by atoms with Crippen LogP contribution in [0.1, 0.15) is 24.4 Å². The van der Waals surface area contributed by atoms with Gasteiger partial charge in [0.2, 0.25) is 5.09 Å². The van der Waals surface area contributed by atoms with Crippen molar-refractivity contribution in [1.29, 1.82) is 0 Å². The van der Waals surface area contributed by atoms with Crippen molar-refractivity contribution in [3.05, 3.63) is 17.9 Å². The molecule has 0 aliphatic heterocycles. The van der Waals surface area contributed by atoms with Gasteiger partial charge in [-0.05, 0) is 31.1 Å². The number of hydrogen-bond donors (Lipinski definition) is 2. The van der Waals surface area contributed by atoms with Gasteiger partial charge >= 0.3 is 0 Å². The van der Waals surface area contributed by atoms with Crippen LogP contribution in [0.5, 0.6) is 0 Å². The number of sulfonamides is 1. The fourth-order valence-electron chi connectivity index (χ4n) is 1.65. The highest BCUT2D eigenvalue weighted by Gasteiger charge is 2.25. The van der Waals surface area contributed by atoms with Gasteiger partial charge in [-0.1, -0.05) is 13.8 Å². The number of nitrogens with zero attached hydrogens (tertiary/aromatic N) is 1. The number of nitrogens with two attached hydrogens (primary N) is 1. The molecule has 1 heterocycles. The molecule has 0 saturated carbocycles. The van der Waals surface area contributed by atoms with Crippen molar-refractivity contribution < 1.29 is 17.6 Å². The van der Waals surface area contributed by atoms with Crippen LogP contribution in [0.25, 0.3) is 0 Å². The minimum Gasteiger partial charge on any atom is -0.438 e. The average molecular weight is 303 g/mol. The Morgan fingerprint density at radius 1 is 1.45 bits per heavy atom. The number of amides is 1. The maximum atomic E-state index is 12.1. The molecule has 0 aliphatic rings. The average Bonchev–Trinajstić information content (AvgIpc) is 2.87. The molecule has 0 unspecified atom stereocenters. The van der Waals surface area contributed by atoms with Crippen LogP contribution in [0.4, 0.5) is 0 Å². The van der Waals surface area contributed by atoms with Crippen LogP contribution in [0.2, 0.25) is 0 Å².